The number of benzene rings is 1. The molecule has 0 saturated heterocycles. The number of para-hydroxylation sites is 1. The van der Waals surface area contributed by atoms with Crippen molar-refractivity contribution in [3.8, 4) is 11.8 Å². The van der Waals surface area contributed by atoms with Gasteiger partial charge < -0.3 is 4.74 Å². The normalized spacial score (nSPS) is 9.36. The highest BCUT2D eigenvalue weighted by molar-refractivity contribution is 7.99. The van der Waals surface area contributed by atoms with Gasteiger partial charge in [0.2, 0.25) is 0 Å². The lowest BCUT2D eigenvalue weighted by molar-refractivity contribution is 0.319. The van der Waals surface area contributed by atoms with E-state index in [-0.39, 0.29) is 0 Å². The number of rotatable bonds is 6. The summed E-state index contributed by atoms with van der Waals surface area (Å²) in [6, 6.07) is 11.9. The molecule has 0 aliphatic carbocycles. The summed E-state index contributed by atoms with van der Waals surface area (Å²) >= 11 is 1.65. The van der Waals surface area contributed by atoms with Gasteiger partial charge in [-0.05, 0) is 24.3 Å². The van der Waals surface area contributed by atoms with Crippen molar-refractivity contribution in [2.45, 2.75) is 6.42 Å². The lowest BCUT2D eigenvalue weighted by atomic mass is 10.3. The van der Waals surface area contributed by atoms with Gasteiger partial charge in [-0.2, -0.15) is 5.26 Å². The summed E-state index contributed by atoms with van der Waals surface area (Å²) < 4.78 is 5.49. The number of ether oxygens (including phenoxy) is 1. The molecule has 0 aliphatic rings. The van der Waals surface area contributed by atoms with Crippen molar-refractivity contribution < 1.29 is 4.74 Å². The van der Waals surface area contributed by atoms with Crippen LogP contribution in [0.5, 0.6) is 5.75 Å². The summed E-state index contributed by atoms with van der Waals surface area (Å²) in [5.74, 6) is 2.48. The average molecular weight is 207 g/mol. The number of hydrogen-bond donors (Lipinski definition) is 0. The summed E-state index contributed by atoms with van der Waals surface area (Å²) in [6.45, 7) is 0.725. The van der Waals surface area contributed by atoms with E-state index in [2.05, 4.69) is 6.07 Å². The molecule has 0 spiro atoms. The third-order valence-corrected chi connectivity index (χ3v) is 2.52. The highest BCUT2D eigenvalue weighted by Crippen LogP contribution is 2.09. The van der Waals surface area contributed by atoms with Crippen LogP contribution in [-0.2, 0) is 0 Å². The van der Waals surface area contributed by atoms with Crippen LogP contribution in [0.25, 0.3) is 0 Å². The van der Waals surface area contributed by atoms with Crippen LogP contribution in [0.15, 0.2) is 30.3 Å². The zero-order valence-electron chi connectivity index (χ0n) is 7.98. The molecule has 0 bridgehead atoms. The maximum atomic E-state index is 8.30. The van der Waals surface area contributed by atoms with Crippen LogP contribution in [0.3, 0.4) is 0 Å². The van der Waals surface area contributed by atoms with E-state index in [0.29, 0.717) is 5.75 Å². The largest absolute Gasteiger partial charge is 0.494 e. The monoisotopic (exact) mass is 207 g/mol. The van der Waals surface area contributed by atoms with Gasteiger partial charge >= 0.3 is 0 Å². The predicted octanol–water partition coefficient (Wildman–Crippen LogP) is 2.71. The lowest BCUT2D eigenvalue weighted by Crippen LogP contribution is -1.98. The Morgan fingerprint density at radius 1 is 1.29 bits per heavy atom. The van der Waals surface area contributed by atoms with E-state index in [4.69, 9.17) is 10.00 Å². The molecule has 0 saturated carbocycles. The Morgan fingerprint density at radius 3 is 2.79 bits per heavy atom. The molecule has 0 aliphatic heterocycles. The maximum Gasteiger partial charge on any atom is 0.119 e. The fraction of sp³-hybridized carbons (Fsp3) is 0.364. The molecule has 0 aromatic heterocycles. The second-order valence-corrected chi connectivity index (χ2v) is 3.83. The van der Waals surface area contributed by atoms with Crippen LogP contribution in [0.4, 0.5) is 0 Å². The Labute approximate surface area is 88.9 Å². The van der Waals surface area contributed by atoms with Gasteiger partial charge in [0.25, 0.3) is 0 Å². The number of hydrogen-bond acceptors (Lipinski definition) is 3. The second-order valence-electron chi connectivity index (χ2n) is 2.73. The number of thioether (sulfide) groups is 1. The molecule has 14 heavy (non-hydrogen) atoms. The molecule has 0 atom stereocenters. The first kappa shape index (κ1) is 10.9. The third kappa shape index (κ3) is 4.78. The van der Waals surface area contributed by atoms with Crippen molar-refractivity contribution in [3.63, 3.8) is 0 Å². The molecule has 0 radical (unpaired) electrons. The first-order chi connectivity index (χ1) is 6.93. The smallest absolute Gasteiger partial charge is 0.119 e. The van der Waals surface area contributed by atoms with Gasteiger partial charge in [-0.25, -0.2) is 0 Å². The standard InChI is InChI=1S/C11H13NOS/c12-7-10-14-9-4-8-13-11-5-2-1-3-6-11/h1-3,5-6H,4,8-10H2. The van der Waals surface area contributed by atoms with E-state index in [1.54, 1.807) is 11.8 Å². The highest BCUT2D eigenvalue weighted by atomic mass is 32.2. The van der Waals surface area contributed by atoms with Crippen molar-refractivity contribution >= 4 is 11.8 Å². The second kappa shape index (κ2) is 7.28. The minimum atomic E-state index is 0.575. The molecule has 1 rings (SSSR count). The molecule has 0 heterocycles. The van der Waals surface area contributed by atoms with E-state index in [9.17, 15) is 0 Å². The highest BCUT2D eigenvalue weighted by Gasteiger charge is 1.91. The summed E-state index contributed by atoms with van der Waals surface area (Å²) in [5.41, 5.74) is 0. The van der Waals surface area contributed by atoms with Crippen LogP contribution in [-0.4, -0.2) is 18.1 Å². The van der Waals surface area contributed by atoms with Gasteiger partial charge in [0.15, 0.2) is 0 Å². The molecular weight excluding hydrogens is 194 g/mol. The Morgan fingerprint density at radius 2 is 2.07 bits per heavy atom. The van der Waals surface area contributed by atoms with Crippen LogP contribution < -0.4 is 4.74 Å². The third-order valence-electron chi connectivity index (χ3n) is 1.61. The summed E-state index contributed by atoms with van der Waals surface area (Å²) in [4.78, 5) is 0. The van der Waals surface area contributed by atoms with Gasteiger partial charge in [-0.3, -0.25) is 0 Å². The summed E-state index contributed by atoms with van der Waals surface area (Å²) in [6.07, 6.45) is 0.987. The Hall–Kier alpha value is -1.14. The zero-order chi connectivity index (χ0) is 10.1. The summed E-state index contributed by atoms with van der Waals surface area (Å²) in [5, 5.41) is 8.30. The Bertz CT molecular complexity index is 281. The first-order valence-corrected chi connectivity index (χ1v) is 5.71. The minimum absolute atomic E-state index is 0.575. The van der Waals surface area contributed by atoms with E-state index < -0.39 is 0 Å². The topological polar surface area (TPSA) is 33.0 Å². The molecule has 0 amide bonds. The van der Waals surface area contributed by atoms with Gasteiger partial charge in [0, 0.05) is 0 Å². The Balaban J connectivity index is 2.03. The molecule has 0 fully saturated rings. The molecular formula is C11H13NOS. The molecule has 2 nitrogen and oxygen atoms in total. The number of nitriles is 1. The molecule has 1 aromatic carbocycles. The van der Waals surface area contributed by atoms with Crippen LogP contribution >= 0.6 is 11.8 Å². The summed E-state index contributed by atoms with van der Waals surface area (Å²) in [7, 11) is 0. The van der Waals surface area contributed by atoms with E-state index in [1.165, 1.54) is 0 Å². The SMILES string of the molecule is N#CCSCCCOc1ccccc1. The van der Waals surface area contributed by atoms with Gasteiger partial charge in [-0.1, -0.05) is 18.2 Å². The number of nitrogens with zero attached hydrogens (tertiary/aromatic N) is 1. The molecule has 3 heteroatoms. The maximum absolute atomic E-state index is 8.30. The van der Waals surface area contributed by atoms with Crippen LogP contribution in [0.2, 0.25) is 0 Å². The van der Waals surface area contributed by atoms with E-state index in [0.717, 1.165) is 24.5 Å². The fourth-order valence-corrected chi connectivity index (χ4v) is 1.54. The van der Waals surface area contributed by atoms with E-state index >= 15 is 0 Å². The van der Waals surface area contributed by atoms with Crippen molar-refractivity contribution in [1.82, 2.24) is 0 Å². The first-order valence-electron chi connectivity index (χ1n) is 4.56. The van der Waals surface area contributed by atoms with E-state index in [1.807, 2.05) is 30.3 Å². The van der Waals surface area contributed by atoms with Gasteiger partial charge in [0.1, 0.15) is 5.75 Å². The van der Waals surface area contributed by atoms with Gasteiger partial charge in [0.05, 0.1) is 18.4 Å². The molecule has 0 unspecified atom stereocenters. The average Bonchev–Trinajstić information content (AvgIpc) is 2.25. The zero-order valence-corrected chi connectivity index (χ0v) is 8.80. The Kier molecular flexibility index (Phi) is 5.69. The van der Waals surface area contributed by atoms with Crippen molar-refractivity contribution in [3.05, 3.63) is 30.3 Å². The van der Waals surface area contributed by atoms with Crippen LogP contribution in [0.1, 0.15) is 6.42 Å². The van der Waals surface area contributed by atoms with Crippen molar-refractivity contribution in [2.24, 2.45) is 0 Å². The van der Waals surface area contributed by atoms with Crippen molar-refractivity contribution in [2.75, 3.05) is 18.1 Å². The minimum Gasteiger partial charge on any atom is -0.494 e. The lowest BCUT2D eigenvalue weighted by Gasteiger charge is -2.04. The van der Waals surface area contributed by atoms with Gasteiger partial charge in [-0.15, -0.1) is 11.8 Å². The molecule has 1 aromatic rings. The molecule has 0 N–H and O–H groups in total. The predicted molar refractivity (Wildman–Crippen MR) is 59.5 cm³/mol. The fourth-order valence-electron chi connectivity index (χ4n) is 0.986. The van der Waals surface area contributed by atoms with Crippen LogP contribution in [0, 0.1) is 11.3 Å². The quantitative estimate of drug-likeness (QED) is 0.672. The molecule has 74 valence electrons. The van der Waals surface area contributed by atoms with Crippen molar-refractivity contribution in [1.29, 1.82) is 5.26 Å².